The van der Waals surface area contributed by atoms with Gasteiger partial charge in [0.05, 0.1) is 0 Å². The van der Waals surface area contributed by atoms with Crippen LogP contribution in [0.25, 0.3) is 0 Å². The van der Waals surface area contributed by atoms with E-state index in [0.717, 1.165) is 0 Å². The number of allylic oxidation sites excluding steroid dienone is 8. The Morgan fingerprint density at radius 2 is 1.24 bits per heavy atom. The first-order valence-electron chi connectivity index (χ1n) is 5.85. The molecule has 0 nitrogen and oxygen atoms in total. The molecule has 2 aliphatic carbocycles. The third kappa shape index (κ3) is 2.09. The van der Waals surface area contributed by atoms with Gasteiger partial charge in [0.25, 0.3) is 0 Å². The maximum atomic E-state index is 6.95. The minimum absolute atomic E-state index is 0.123. The molecule has 0 aliphatic heterocycles. The Morgan fingerprint density at radius 1 is 0.882 bits per heavy atom. The normalized spacial score (nSPS) is 36.4. The summed E-state index contributed by atoms with van der Waals surface area (Å²) in [7, 11) is 13.9. The van der Waals surface area contributed by atoms with E-state index in [1.165, 1.54) is 11.1 Å². The quantitative estimate of drug-likeness (QED) is 0.588. The molecule has 0 radical (unpaired) electrons. The molecule has 0 saturated carbocycles. The van der Waals surface area contributed by atoms with Crippen molar-refractivity contribution >= 4 is 17.0 Å². The zero-order valence-electron chi connectivity index (χ0n) is 10.7. The Hall–Kier alpha value is 0.423. The third-order valence-electron chi connectivity index (χ3n) is 3.79. The molecule has 0 aromatic carbocycles. The van der Waals surface area contributed by atoms with Gasteiger partial charge in [-0.15, -0.1) is 0 Å². The van der Waals surface area contributed by atoms with Crippen LogP contribution in [0.1, 0.15) is 27.7 Å². The minimum atomic E-state index is -3.40. The maximum absolute atomic E-state index is 6.95. The van der Waals surface area contributed by atoms with Crippen molar-refractivity contribution in [2.24, 2.45) is 0 Å². The Balaban J connectivity index is 2.45. The predicted octanol–water partition coefficient (Wildman–Crippen LogP) is 5.84. The van der Waals surface area contributed by atoms with Gasteiger partial charge in [0.2, 0.25) is 0 Å². The van der Waals surface area contributed by atoms with Gasteiger partial charge in [0, 0.05) is 0 Å². The van der Waals surface area contributed by atoms with Crippen LogP contribution in [-0.2, 0) is 17.9 Å². The molecule has 0 N–H and O–H groups in total. The van der Waals surface area contributed by atoms with Crippen LogP contribution in [0.2, 0.25) is 6.25 Å². The van der Waals surface area contributed by atoms with Crippen LogP contribution in [-0.4, -0.2) is 0 Å². The van der Waals surface area contributed by atoms with E-state index in [1.54, 1.807) is 0 Å². The number of halogens is 2. The molecule has 0 aromatic heterocycles. The molecule has 2 aliphatic rings. The predicted molar refractivity (Wildman–Crippen MR) is 74.2 cm³/mol. The zero-order chi connectivity index (χ0) is 12.9. The van der Waals surface area contributed by atoms with Gasteiger partial charge in [-0.2, -0.15) is 0 Å². The summed E-state index contributed by atoms with van der Waals surface area (Å²) in [6, 6.07) is 0. The molecular weight excluding hydrogens is 330 g/mol. The monoisotopic (exact) mass is 346 g/mol. The standard InChI is InChI=1S/2C7H9.2ClH.Zr/c2*1-6-3-4-7(2)5-6;;;/h2*3-5H,1-2H3;2*1H;/q;;;;+2/p-2. The van der Waals surface area contributed by atoms with Gasteiger partial charge in [-0.05, 0) is 0 Å². The Kier molecular flexibility index (Phi) is 3.44. The Morgan fingerprint density at radius 3 is 1.47 bits per heavy atom. The average Bonchev–Trinajstić information content (AvgIpc) is 2.73. The first-order chi connectivity index (χ1) is 7.70. The SMILES string of the molecule is CC1=C[C](C)([Zr]([Cl])([Cl])[C]2(C)C=CC(C)=C2)C=C1. The van der Waals surface area contributed by atoms with Crippen LogP contribution in [0.4, 0.5) is 0 Å². The molecule has 0 saturated heterocycles. The van der Waals surface area contributed by atoms with Crippen LogP contribution in [0.3, 0.4) is 0 Å². The van der Waals surface area contributed by atoms with E-state index in [4.69, 9.17) is 17.0 Å². The van der Waals surface area contributed by atoms with E-state index >= 15 is 0 Å². The molecule has 0 amide bonds. The van der Waals surface area contributed by atoms with Crippen molar-refractivity contribution < 1.29 is 17.9 Å². The fourth-order valence-electron chi connectivity index (χ4n) is 2.72. The van der Waals surface area contributed by atoms with Gasteiger partial charge in [0.15, 0.2) is 0 Å². The summed E-state index contributed by atoms with van der Waals surface area (Å²) in [5, 5.41) is 0. The van der Waals surface area contributed by atoms with Crippen molar-refractivity contribution in [1.29, 1.82) is 0 Å². The summed E-state index contributed by atoms with van der Waals surface area (Å²) in [4.78, 5) is 0. The van der Waals surface area contributed by atoms with Gasteiger partial charge in [-0.3, -0.25) is 0 Å². The molecule has 2 rings (SSSR count). The molecular formula is C14H18Cl2Zr. The Bertz CT molecular complexity index is 429. The Labute approximate surface area is 116 Å². The van der Waals surface area contributed by atoms with Crippen molar-refractivity contribution in [3.8, 4) is 0 Å². The van der Waals surface area contributed by atoms with E-state index < -0.39 is 17.9 Å². The second-order valence-electron chi connectivity index (χ2n) is 5.58. The van der Waals surface area contributed by atoms with Gasteiger partial charge in [-0.1, -0.05) is 0 Å². The second-order valence-corrected chi connectivity index (χ2v) is 21.6. The van der Waals surface area contributed by atoms with Crippen LogP contribution < -0.4 is 0 Å². The van der Waals surface area contributed by atoms with Crippen molar-refractivity contribution in [3.63, 3.8) is 0 Å². The molecule has 0 bridgehead atoms. The molecule has 92 valence electrons. The van der Waals surface area contributed by atoms with E-state index in [9.17, 15) is 0 Å². The van der Waals surface area contributed by atoms with E-state index in [1.807, 2.05) is 0 Å². The topological polar surface area (TPSA) is 0 Å². The second kappa shape index (κ2) is 4.22. The van der Waals surface area contributed by atoms with Crippen LogP contribution in [0, 0.1) is 0 Å². The number of hydrogen-bond donors (Lipinski definition) is 0. The molecule has 0 aromatic rings. The van der Waals surface area contributed by atoms with Crippen LogP contribution in [0.15, 0.2) is 47.6 Å². The van der Waals surface area contributed by atoms with Crippen molar-refractivity contribution in [3.05, 3.63) is 47.6 Å². The van der Waals surface area contributed by atoms with Gasteiger partial charge < -0.3 is 0 Å². The zero-order valence-corrected chi connectivity index (χ0v) is 14.7. The summed E-state index contributed by atoms with van der Waals surface area (Å²) < 4.78 is -0.246. The van der Waals surface area contributed by atoms with Gasteiger partial charge >= 0.3 is 116 Å². The fourth-order valence-corrected chi connectivity index (χ4v) is 11.8. The van der Waals surface area contributed by atoms with Crippen molar-refractivity contribution in [1.82, 2.24) is 0 Å². The number of hydrogen-bond acceptors (Lipinski definition) is 0. The molecule has 0 fully saturated rings. The summed E-state index contributed by atoms with van der Waals surface area (Å²) in [6.07, 6.45) is 13.1. The molecule has 0 spiro atoms. The first-order valence-corrected chi connectivity index (χ1v) is 14.6. The molecule has 3 heteroatoms. The van der Waals surface area contributed by atoms with Crippen molar-refractivity contribution in [2.75, 3.05) is 0 Å². The third-order valence-corrected chi connectivity index (χ3v) is 21.6. The molecule has 2 atom stereocenters. The van der Waals surface area contributed by atoms with Crippen LogP contribution >= 0.6 is 17.0 Å². The summed E-state index contributed by atoms with van der Waals surface area (Å²) in [6.45, 7) is 8.56. The molecule has 2 unspecified atom stereocenters. The fraction of sp³-hybridized carbons (Fsp3) is 0.429. The summed E-state index contributed by atoms with van der Waals surface area (Å²) >= 11 is -3.40. The van der Waals surface area contributed by atoms with Gasteiger partial charge in [-0.25, -0.2) is 0 Å². The van der Waals surface area contributed by atoms with E-state index in [0.29, 0.717) is 0 Å². The van der Waals surface area contributed by atoms with Crippen LogP contribution in [0.5, 0.6) is 0 Å². The molecule has 17 heavy (non-hydrogen) atoms. The van der Waals surface area contributed by atoms with Gasteiger partial charge in [0.1, 0.15) is 0 Å². The van der Waals surface area contributed by atoms with Crippen molar-refractivity contribution in [2.45, 2.75) is 33.9 Å². The van der Waals surface area contributed by atoms with E-state index in [-0.39, 0.29) is 6.25 Å². The summed E-state index contributed by atoms with van der Waals surface area (Å²) in [5.74, 6) is 0. The average molecular weight is 348 g/mol. The van der Waals surface area contributed by atoms with E-state index in [2.05, 4.69) is 64.2 Å². The summed E-state index contributed by atoms with van der Waals surface area (Å²) in [5.41, 5.74) is 2.53. The number of rotatable bonds is 2. The first kappa shape index (κ1) is 13.8. The molecule has 0 heterocycles.